The van der Waals surface area contributed by atoms with Gasteiger partial charge in [-0.25, -0.2) is 17.9 Å². The minimum atomic E-state index is -4.15. The maximum atomic E-state index is 12.9. The molecule has 0 saturated heterocycles. The van der Waals surface area contributed by atoms with Crippen LogP contribution in [0.1, 0.15) is 16.8 Å². The van der Waals surface area contributed by atoms with Gasteiger partial charge in [0.1, 0.15) is 5.58 Å². The first kappa shape index (κ1) is 24.2. The molecule has 2 heterocycles. The molecule has 0 saturated carbocycles. The molecule has 5 aromatic rings. The number of nitro groups is 1. The van der Waals surface area contributed by atoms with Crippen molar-refractivity contribution in [2.45, 2.75) is 11.3 Å². The Bertz CT molecular complexity index is 1850. The number of nitrogens with zero attached hydrogens (tertiary/aromatic N) is 1. The highest BCUT2D eigenvalue weighted by Gasteiger charge is 2.25. The van der Waals surface area contributed by atoms with E-state index < -0.39 is 31.2 Å². The third-order valence-electron chi connectivity index (χ3n) is 6.10. The Morgan fingerprint density at radius 1 is 1.03 bits per heavy atom. The van der Waals surface area contributed by atoms with Crippen molar-refractivity contribution >= 4 is 43.2 Å². The van der Waals surface area contributed by atoms with Gasteiger partial charge in [0.2, 0.25) is 10.0 Å². The molecular formula is C27H21N3O6S. The number of sulfonamides is 1. The fraction of sp³-hybridized carbons (Fsp3) is 0.0741. The average molecular weight is 516 g/mol. The van der Waals surface area contributed by atoms with Crippen molar-refractivity contribution in [3.05, 3.63) is 123 Å². The van der Waals surface area contributed by atoms with Crippen LogP contribution in [0, 0.1) is 10.1 Å². The molecule has 0 atom stereocenters. The SMILES string of the molecule is C=C(c1[nH]c2ccccc2c1CCNS(=O)(=O)c1ccccc1[N+](=O)[O-])c1cc2ccccc2oc1=O. The fourth-order valence-corrected chi connectivity index (χ4v) is 5.55. The number of benzene rings is 3. The largest absolute Gasteiger partial charge is 0.422 e. The molecule has 37 heavy (non-hydrogen) atoms. The summed E-state index contributed by atoms with van der Waals surface area (Å²) < 4.78 is 33.7. The standard InChI is InChI=1S/C27H21N3O6S/c1-17(21-16-18-8-2-6-12-24(18)36-27(21)31)26-20(19-9-3-4-10-22(19)29-26)14-15-28-37(34,35)25-13-7-5-11-23(25)30(32)33/h2-13,16,28-29H,1,14-15H2. The fourth-order valence-electron chi connectivity index (χ4n) is 4.35. The number of nitro benzene ring substituents is 1. The number of aromatic amines is 1. The second kappa shape index (κ2) is 9.49. The van der Waals surface area contributed by atoms with Gasteiger partial charge in [-0.15, -0.1) is 0 Å². The van der Waals surface area contributed by atoms with E-state index in [0.717, 1.165) is 27.9 Å². The molecule has 10 heteroatoms. The third kappa shape index (κ3) is 4.55. The molecule has 186 valence electrons. The summed E-state index contributed by atoms with van der Waals surface area (Å²) >= 11 is 0. The Kier molecular flexibility index (Phi) is 6.20. The molecule has 0 bridgehead atoms. The van der Waals surface area contributed by atoms with Crippen molar-refractivity contribution in [1.82, 2.24) is 9.71 Å². The molecule has 2 aromatic heterocycles. The zero-order valence-electron chi connectivity index (χ0n) is 19.4. The van der Waals surface area contributed by atoms with Gasteiger partial charge in [-0.05, 0) is 36.2 Å². The van der Waals surface area contributed by atoms with E-state index in [0.29, 0.717) is 16.9 Å². The summed E-state index contributed by atoms with van der Waals surface area (Å²) in [5.74, 6) is 0. The minimum Gasteiger partial charge on any atom is -0.422 e. The minimum absolute atomic E-state index is 0.0389. The van der Waals surface area contributed by atoms with Gasteiger partial charge in [-0.3, -0.25) is 10.1 Å². The van der Waals surface area contributed by atoms with Crippen LogP contribution in [-0.2, 0) is 16.4 Å². The molecule has 0 aliphatic carbocycles. The summed E-state index contributed by atoms with van der Waals surface area (Å²) in [6, 6.07) is 21.5. The quantitative estimate of drug-likeness (QED) is 0.174. The van der Waals surface area contributed by atoms with Gasteiger partial charge in [-0.1, -0.05) is 55.1 Å². The lowest BCUT2D eigenvalue weighted by Gasteiger charge is -2.10. The number of nitrogens with one attached hydrogen (secondary N) is 2. The van der Waals surface area contributed by atoms with E-state index in [2.05, 4.69) is 16.3 Å². The summed E-state index contributed by atoms with van der Waals surface area (Å²) in [6.45, 7) is 4.11. The second-order valence-corrected chi connectivity index (χ2v) is 10.1. The van der Waals surface area contributed by atoms with Crippen molar-refractivity contribution in [2.75, 3.05) is 6.54 Å². The van der Waals surface area contributed by atoms with Gasteiger partial charge in [0.15, 0.2) is 4.90 Å². The molecule has 0 aliphatic heterocycles. The zero-order chi connectivity index (χ0) is 26.2. The molecule has 5 rings (SSSR count). The van der Waals surface area contributed by atoms with Crippen LogP contribution < -0.4 is 10.3 Å². The lowest BCUT2D eigenvalue weighted by molar-refractivity contribution is -0.387. The van der Waals surface area contributed by atoms with Crippen LogP contribution in [0.4, 0.5) is 5.69 Å². The average Bonchev–Trinajstić information content (AvgIpc) is 3.26. The van der Waals surface area contributed by atoms with Crippen molar-refractivity contribution in [2.24, 2.45) is 0 Å². The third-order valence-corrected chi connectivity index (χ3v) is 7.61. The lowest BCUT2D eigenvalue weighted by Crippen LogP contribution is -2.26. The molecule has 3 aromatic carbocycles. The van der Waals surface area contributed by atoms with E-state index in [-0.39, 0.29) is 18.5 Å². The van der Waals surface area contributed by atoms with Crippen LogP contribution >= 0.6 is 0 Å². The Morgan fingerprint density at radius 2 is 1.73 bits per heavy atom. The molecule has 0 fully saturated rings. The first-order chi connectivity index (χ1) is 17.8. The number of aromatic nitrogens is 1. The van der Waals surface area contributed by atoms with Crippen LogP contribution in [0.15, 0.2) is 99.5 Å². The summed E-state index contributed by atoms with van der Waals surface area (Å²) in [5, 5.41) is 12.9. The lowest BCUT2D eigenvalue weighted by atomic mass is 9.99. The predicted octanol–water partition coefficient (Wildman–Crippen LogP) is 4.77. The molecule has 9 nitrogen and oxygen atoms in total. The first-order valence-corrected chi connectivity index (χ1v) is 12.8. The Hall–Kier alpha value is -4.54. The van der Waals surface area contributed by atoms with E-state index in [9.17, 15) is 23.3 Å². The molecule has 0 amide bonds. The van der Waals surface area contributed by atoms with Gasteiger partial charge in [0, 0.05) is 34.5 Å². The van der Waals surface area contributed by atoms with Crippen LogP contribution in [0.5, 0.6) is 0 Å². The summed E-state index contributed by atoms with van der Waals surface area (Å²) in [4.78, 5) is 26.2. The van der Waals surface area contributed by atoms with Crippen LogP contribution in [0.2, 0.25) is 0 Å². The Balaban J connectivity index is 1.49. The monoisotopic (exact) mass is 515 g/mol. The zero-order valence-corrected chi connectivity index (χ0v) is 20.2. The number of rotatable bonds is 8. The van der Waals surface area contributed by atoms with E-state index >= 15 is 0 Å². The summed E-state index contributed by atoms with van der Waals surface area (Å²) in [5.41, 5.74) is 2.24. The molecule has 0 unspecified atom stereocenters. The highest BCUT2D eigenvalue weighted by Crippen LogP contribution is 2.31. The molecule has 2 N–H and O–H groups in total. The number of hydrogen-bond acceptors (Lipinski definition) is 6. The predicted molar refractivity (Wildman–Crippen MR) is 141 cm³/mol. The van der Waals surface area contributed by atoms with E-state index in [1.54, 1.807) is 18.2 Å². The van der Waals surface area contributed by atoms with E-state index in [1.807, 2.05) is 36.4 Å². The smallest absolute Gasteiger partial charge is 0.344 e. The number of hydrogen-bond donors (Lipinski definition) is 2. The van der Waals surface area contributed by atoms with E-state index in [1.165, 1.54) is 18.2 Å². The highest BCUT2D eigenvalue weighted by molar-refractivity contribution is 7.89. The topological polar surface area (TPSA) is 135 Å². The summed E-state index contributed by atoms with van der Waals surface area (Å²) in [6.07, 6.45) is 0.233. The van der Waals surface area contributed by atoms with Crippen molar-refractivity contribution in [1.29, 1.82) is 0 Å². The molecule has 0 spiro atoms. The van der Waals surface area contributed by atoms with Crippen molar-refractivity contribution in [3.8, 4) is 0 Å². The van der Waals surface area contributed by atoms with Crippen LogP contribution in [0.3, 0.4) is 0 Å². The highest BCUT2D eigenvalue weighted by atomic mass is 32.2. The van der Waals surface area contributed by atoms with Crippen LogP contribution in [0.25, 0.3) is 27.4 Å². The second-order valence-electron chi connectivity index (χ2n) is 8.36. The number of para-hydroxylation sites is 3. The Labute approximate surface area is 211 Å². The van der Waals surface area contributed by atoms with Crippen molar-refractivity contribution in [3.63, 3.8) is 0 Å². The van der Waals surface area contributed by atoms with Gasteiger partial charge < -0.3 is 9.40 Å². The number of fused-ring (bicyclic) bond motifs is 2. The molecule has 0 aliphatic rings. The Morgan fingerprint density at radius 3 is 2.54 bits per heavy atom. The normalized spacial score (nSPS) is 11.7. The van der Waals surface area contributed by atoms with Gasteiger partial charge in [-0.2, -0.15) is 0 Å². The maximum Gasteiger partial charge on any atom is 0.344 e. The van der Waals surface area contributed by atoms with Gasteiger partial charge in [0.05, 0.1) is 16.2 Å². The van der Waals surface area contributed by atoms with Crippen LogP contribution in [-0.4, -0.2) is 24.9 Å². The molecule has 0 radical (unpaired) electrons. The number of H-pyrrole nitrogens is 1. The van der Waals surface area contributed by atoms with Gasteiger partial charge >= 0.3 is 5.63 Å². The maximum absolute atomic E-state index is 12.9. The van der Waals surface area contributed by atoms with Crippen molar-refractivity contribution < 1.29 is 17.8 Å². The van der Waals surface area contributed by atoms with E-state index in [4.69, 9.17) is 4.42 Å². The molecular weight excluding hydrogens is 494 g/mol. The van der Waals surface area contributed by atoms with Gasteiger partial charge in [0.25, 0.3) is 5.69 Å². The first-order valence-electron chi connectivity index (χ1n) is 11.3. The summed E-state index contributed by atoms with van der Waals surface area (Å²) in [7, 11) is -4.15.